The Kier molecular flexibility index (Phi) is 6.22. The molecule has 2 aliphatic heterocycles. The van der Waals surface area contributed by atoms with Gasteiger partial charge in [0.25, 0.3) is 11.8 Å². The van der Waals surface area contributed by atoms with Crippen molar-refractivity contribution in [3.8, 4) is 5.75 Å². The molecule has 4 amide bonds. The maximum Gasteiger partial charge on any atom is 0.413 e. The number of carbonyl (C=O) groups excluding carboxylic acids is 4. The number of hydrogen-bond acceptors (Lipinski definition) is 5. The van der Waals surface area contributed by atoms with Gasteiger partial charge in [0.1, 0.15) is 17.6 Å². The van der Waals surface area contributed by atoms with E-state index in [1.807, 2.05) is 5.32 Å². The summed E-state index contributed by atoms with van der Waals surface area (Å²) in [6.45, 7) is -0.0456. The van der Waals surface area contributed by atoms with Crippen LogP contribution in [0.2, 0.25) is 0 Å². The number of nitrogens with one attached hydrogen (secondary N) is 2. The van der Waals surface area contributed by atoms with E-state index in [1.165, 1.54) is 23.1 Å². The second-order valence-corrected chi connectivity index (χ2v) is 8.11. The lowest BCUT2D eigenvalue weighted by atomic mass is 10.0. The number of halogens is 4. The summed E-state index contributed by atoms with van der Waals surface area (Å²) >= 11 is 0. The molecule has 2 N–H and O–H groups in total. The van der Waals surface area contributed by atoms with Crippen LogP contribution >= 0.6 is 0 Å². The van der Waals surface area contributed by atoms with Crippen LogP contribution in [0, 0.1) is 5.82 Å². The molecule has 8 nitrogen and oxygen atoms in total. The number of imide groups is 1. The molecule has 0 bridgehead atoms. The predicted octanol–water partition coefficient (Wildman–Crippen LogP) is 2.63. The molecular weight excluding hydrogens is 474 g/mol. The van der Waals surface area contributed by atoms with E-state index in [0.717, 1.165) is 25.3 Å². The number of amides is 4. The van der Waals surface area contributed by atoms with Gasteiger partial charge in [0.2, 0.25) is 11.8 Å². The molecule has 0 saturated carbocycles. The van der Waals surface area contributed by atoms with Crippen LogP contribution in [0.3, 0.4) is 0 Å². The maximum absolute atomic E-state index is 13.8. The van der Waals surface area contributed by atoms with Crippen LogP contribution in [-0.2, 0) is 16.1 Å². The molecule has 1 fully saturated rings. The van der Waals surface area contributed by atoms with Gasteiger partial charge in [-0.2, -0.15) is 13.2 Å². The van der Waals surface area contributed by atoms with E-state index in [1.54, 1.807) is 0 Å². The first kappa shape index (κ1) is 24.2. The van der Waals surface area contributed by atoms with Crippen LogP contribution < -0.4 is 15.4 Å². The van der Waals surface area contributed by atoms with Gasteiger partial charge < -0.3 is 15.0 Å². The molecule has 0 spiro atoms. The molecule has 0 radical (unpaired) electrons. The van der Waals surface area contributed by atoms with Gasteiger partial charge in [0.05, 0.1) is 7.11 Å². The van der Waals surface area contributed by atoms with Crippen LogP contribution in [0.5, 0.6) is 5.75 Å². The average molecular weight is 493 g/mol. The number of ether oxygens (including phenoxy) is 1. The minimum Gasteiger partial charge on any atom is -0.496 e. The highest BCUT2D eigenvalue weighted by Crippen LogP contribution is 2.38. The zero-order valence-corrected chi connectivity index (χ0v) is 18.2. The van der Waals surface area contributed by atoms with Gasteiger partial charge in [-0.3, -0.25) is 24.5 Å². The zero-order chi connectivity index (χ0) is 25.5. The lowest BCUT2D eigenvalue weighted by molar-refractivity contribution is -0.155. The largest absolute Gasteiger partial charge is 0.496 e. The zero-order valence-electron chi connectivity index (χ0n) is 18.2. The third-order valence-corrected chi connectivity index (χ3v) is 5.90. The number of benzene rings is 2. The number of piperidine rings is 1. The molecular formula is C23H19F4N3O5. The number of rotatable bonds is 5. The fourth-order valence-corrected chi connectivity index (χ4v) is 4.19. The van der Waals surface area contributed by atoms with Crippen molar-refractivity contribution >= 4 is 23.6 Å². The van der Waals surface area contributed by atoms with Crippen molar-refractivity contribution < 1.29 is 41.5 Å². The number of carbonyl (C=O) groups is 4. The molecule has 4 rings (SSSR count). The minimum atomic E-state index is -4.92. The summed E-state index contributed by atoms with van der Waals surface area (Å²) in [4.78, 5) is 50.3. The molecule has 1 saturated heterocycles. The number of methoxy groups -OCH3 is 1. The smallest absolute Gasteiger partial charge is 0.413 e. The molecule has 184 valence electrons. The standard InChI is InChI=1S/C23H19F4N3O5/c1-35-17-9-13(24)3-5-15(17)19(23(25,26)27)29-20(32)11-2-4-14-12(8-11)10-30(22(14)34)16-6-7-18(31)28-21(16)33/h2-5,8-9,16,19H,6-7,10H2,1H3,(H,29,32)(H,28,31,33)/t16?,19-/m1/s1. The SMILES string of the molecule is COc1cc(F)ccc1[C@@H](NC(=O)c1ccc2c(c1)CN(C1CCC(=O)NC1=O)C2=O)C(F)(F)F. The van der Waals surface area contributed by atoms with Crippen LogP contribution in [0.4, 0.5) is 17.6 Å². The minimum absolute atomic E-state index is 0.0456. The summed E-state index contributed by atoms with van der Waals surface area (Å²) in [6, 6.07) is 2.92. The summed E-state index contributed by atoms with van der Waals surface area (Å²) in [5, 5.41) is 4.08. The number of fused-ring (bicyclic) bond motifs is 1. The summed E-state index contributed by atoms with van der Waals surface area (Å²) < 4.78 is 59.8. The van der Waals surface area contributed by atoms with Gasteiger partial charge in [0, 0.05) is 35.7 Å². The molecule has 2 aromatic carbocycles. The highest BCUT2D eigenvalue weighted by Gasteiger charge is 2.44. The Morgan fingerprint density at radius 1 is 1.17 bits per heavy atom. The molecule has 35 heavy (non-hydrogen) atoms. The van der Waals surface area contributed by atoms with E-state index >= 15 is 0 Å². The Morgan fingerprint density at radius 3 is 2.57 bits per heavy atom. The van der Waals surface area contributed by atoms with Crippen molar-refractivity contribution in [2.24, 2.45) is 0 Å². The fourth-order valence-electron chi connectivity index (χ4n) is 4.19. The van der Waals surface area contributed by atoms with Crippen LogP contribution in [0.1, 0.15) is 50.7 Å². The number of alkyl halides is 3. The van der Waals surface area contributed by atoms with Crippen molar-refractivity contribution in [3.63, 3.8) is 0 Å². The van der Waals surface area contributed by atoms with E-state index in [4.69, 9.17) is 4.74 Å². The fraction of sp³-hybridized carbons (Fsp3) is 0.304. The van der Waals surface area contributed by atoms with Gasteiger partial charge in [-0.15, -0.1) is 0 Å². The molecule has 2 aliphatic rings. The second kappa shape index (κ2) is 9.01. The Labute approximate surface area is 196 Å². The van der Waals surface area contributed by atoms with Crippen molar-refractivity contribution in [3.05, 3.63) is 64.5 Å². The van der Waals surface area contributed by atoms with E-state index in [2.05, 4.69) is 5.32 Å². The molecule has 2 atom stereocenters. The maximum atomic E-state index is 13.8. The Balaban J connectivity index is 1.57. The quantitative estimate of drug-likeness (QED) is 0.492. The highest BCUT2D eigenvalue weighted by molar-refractivity contribution is 6.06. The van der Waals surface area contributed by atoms with E-state index < -0.39 is 53.3 Å². The van der Waals surface area contributed by atoms with Crippen molar-refractivity contribution in [2.75, 3.05) is 7.11 Å². The lowest BCUT2D eigenvalue weighted by Crippen LogP contribution is -2.52. The van der Waals surface area contributed by atoms with E-state index in [9.17, 15) is 36.7 Å². The van der Waals surface area contributed by atoms with Gasteiger partial charge in [0.15, 0.2) is 6.04 Å². The van der Waals surface area contributed by atoms with Crippen molar-refractivity contribution in [1.29, 1.82) is 0 Å². The normalized spacial score (nSPS) is 18.7. The first-order valence-electron chi connectivity index (χ1n) is 10.5. The monoisotopic (exact) mass is 493 g/mol. The summed E-state index contributed by atoms with van der Waals surface area (Å²) in [7, 11) is 1.08. The van der Waals surface area contributed by atoms with Gasteiger partial charge in [-0.1, -0.05) is 0 Å². The number of nitrogens with zero attached hydrogens (tertiary/aromatic N) is 1. The van der Waals surface area contributed by atoms with Crippen molar-refractivity contribution in [1.82, 2.24) is 15.5 Å². The number of hydrogen-bond donors (Lipinski definition) is 2. The Morgan fingerprint density at radius 2 is 1.91 bits per heavy atom. The third-order valence-electron chi connectivity index (χ3n) is 5.90. The van der Waals surface area contributed by atoms with Gasteiger partial charge >= 0.3 is 6.18 Å². The third kappa shape index (κ3) is 4.68. The first-order chi connectivity index (χ1) is 16.5. The topological polar surface area (TPSA) is 105 Å². The van der Waals surface area contributed by atoms with E-state index in [0.29, 0.717) is 5.56 Å². The summed E-state index contributed by atoms with van der Waals surface area (Å²) in [6.07, 6.45) is -4.71. The Bertz CT molecular complexity index is 1230. The molecule has 0 aromatic heterocycles. The van der Waals surface area contributed by atoms with E-state index in [-0.39, 0.29) is 36.3 Å². The lowest BCUT2D eigenvalue weighted by Gasteiger charge is -2.29. The molecule has 12 heteroatoms. The molecule has 1 unspecified atom stereocenters. The average Bonchev–Trinajstić information content (AvgIpc) is 3.12. The Hall–Kier alpha value is -3.96. The molecule has 2 aromatic rings. The van der Waals surface area contributed by atoms with Crippen LogP contribution in [0.25, 0.3) is 0 Å². The summed E-state index contributed by atoms with van der Waals surface area (Å²) in [5.74, 6) is -3.79. The highest BCUT2D eigenvalue weighted by atomic mass is 19.4. The van der Waals surface area contributed by atoms with Crippen molar-refractivity contribution in [2.45, 2.75) is 37.6 Å². The summed E-state index contributed by atoms with van der Waals surface area (Å²) in [5.41, 5.74) is -0.0544. The predicted molar refractivity (Wildman–Crippen MR) is 112 cm³/mol. The van der Waals surface area contributed by atoms with Gasteiger partial charge in [-0.05, 0) is 42.3 Å². The van der Waals surface area contributed by atoms with Gasteiger partial charge in [-0.25, -0.2) is 4.39 Å². The molecule has 2 heterocycles. The van der Waals surface area contributed by atoms with Crippen LogP contribution in [-0.4, -0.2) is 47.9 Å². The first-order valence-corrected chi connectivity index (χ1v) is 10.5. The molecule has 0 aliphatic carbocycles. The second-order valence-electron chi connectivity index (χ2n) is 8.11. The van der Waals surface area contributed by atoms with Crippen LogP contribution in [0.15, 0.2) is 36.4 Å².